The Morgan fingerprint density at radius 2 is 2.25 bits per heavy atom. The number of amides is 1. The number of hydrogen-bond donors (Lipinski definition) is 2. The van der Waals surface area contributed by atoms with E-state index < -0.39 is 11.7 Å². The summed E-state index contributed by atoms with van der Waals surface area (Å²) in [5, 5.41) is 13.1. The van der Waals surface area contributed by atoms with E-state index in [1.165, 1.54) is 0 Å². The summed E-state index contributed by atoms with van der Waals surface area (Å²) in [4.78, 5) is 10.9. The molecule has 0 aliphatic heterocycles. The van der Waals surface area contributed by atoms with Crippen molar-refractivity contribution >= 4 is 12.3 Å². The van der Waals surface area contributed by atoms with Crippen molar-refractivity contribution in [3.63, 3.8) is 0 Å². The van der Waals surface area contributed by atoms with Crippen LogP contribution in [0.4, 0.5) is 4.79 Å². The zero-order valence-electron chi connectivity index (χ0n) is 7.50. The fourth-order valence-electron chi connectivity index (χ4n) is 0.484. The maximum Gasteiger partial charge on any atom is 0.407 e. The van der Waals surface area contributed by atoms with Gasteiger partial charge >= 0.3 is 6.09 Å². The van der Waals surface area contributed by atoms with Crippen molar-refractivity contribution in [2.45, 2.75) is 26.4 Å². The molecule has 0 spiro atoms. The van der Waals surface area contributed by atoms with Gasteiger partial charge in [0.2, 0.25) is 0 Å². The Balaban J connectivity index is 3.61. The van der Waals surface area contributed by atoms with Gasteiger partial charge in [0, 0.05) is 0 Å². The zero-order valence-corrected chi connectivity index (χ0v) is 7.50. The molecule has 0 bridgehead atoms. The Morgan fingerprint density at radius 3 is 2.67 bits per heavy atom. The summed E-state index contributed by atoms with van der Waals surface area (Å²) in [5.41, 5.74) is -0.500. The average molecular weight is 174 g/mol. The van der Waals surface area contributed by atoms with Crippen LogP contribution in [0.1, 0.15) is 20.8 Å². The Bertz CT molecular complexity index is 172. The van der Waals surface area contributed by atoms with Crippen LogP contribution in [0, 0.1) is 0 Å². The van der Waals surface area contributed by atoms with Crippen molar-refractivity contribution in [3.8, 4) is 0 Å². The molecule has 0 rings (SSSR count). The van der Waals surface area contributed by atoms with Gasteiger partial charge in [-0.1, -0.05) is 0 Å². The smallest absolute Gasteiger partial charge is 0.407 e. The molecule has 1 amide bonds. The summed E-state index contributed by atoms with van der Waals surface area (Å²) in [5.74, 6) is 0. The number of alkyl carbamates (subject to hydrolysis) is 1. The topological polar surface area (TPSA) is 70.9 Å². The Labute approximate surface area is 71.4 Å². The van der Waals surface area contributed by atoms with Crippen molar-refractivity contribution < 1.29 is 14.7 Å². The van der Waals surface area contributed by atoms with Crippen molar-refractivity contribution in [1.29, 1.82) is 0 Å². The van der Waals surface area contributed by atoms with E-state index in [0.717, 1.165) is 6.21 Å². The number of nitrogens with one attached hydrogen (secondary N) is 1. The van der Waals surface area contributed by atoms with Gasteiger partial charge in [-0.15, -0.1) is 5.16 Å². The Kier molecular flexibility index (Phi) is 4.10. The second-order valence-corrected chi connectivity index (χ2v) is 3.18. The van der Waals surface area contributed by atoms with Gasteiger partial charge < -0.3 is 15.3 Å². The zero-order chi connectivity index (χ0) is 9.61. The lowest BCUT2D eigenvalue weighted by atomic mass is 10.2. The summed E-state index contributed by atoms with van der Waals surface area (Å²) in [7, 11) is 0. The van der Waals surface area contributed by atoms with Crippen molar-refractivity contribution in [2.75, 3.05) is 6.54 Å². The van der Waals surface area contributed by atoms with Gasteiger partial charge in [0.15, 0.2) is 0 Å². The van der Waals surface area contributed by atoms with E-state index in [9.17, 15) is 4.79 Å². The van der Waals surface area contributed by atoms with Crippen LogP contribution in [0.2, 0.25) is 0 Å². The minimum Gasteiger partial charge on any atom is -0.444 e. The first kappa shape index (κ1) is 10.7. The lowest BCUT2D eigenvalue weighted by molar-refractivity contribution is 0.0536. The van der Waals surface area contributed by atoms with Crippen LogP contribution in [0.15, 0.2) is 5.16 Å². The molecule has 0 aliphatic rings. The highest BCUT2D eigenvalue weighted by molar-refractivity contribution is 5.72. The number of rotatable bonds is 2. The quantitative estimate of drug-likeness (QED) is 0.372. The summed E-state index contributed by atoms with van der Waals surface area (Å²) in [6, 6.07) is 0. The van der Waals surface area contributed by atoms with Gasteiger partial charge in [-0.3, -0.25) is 0 Å². The lowest BCUT2D eigenvalue weighted by Gasteiger charge is -2.19. The normalized spacial score (nSPS) is 11.6. The van der Waals surface area contributed by atoms with Crippen LogP contribution in [-0.2, 0) is 4.74 Å². The van der Waals surface area contributed by atoms with E-state index in [4.69, 9.17) is 9.94 Å². The number of nitrogens with zero attached hydrogens (tertiary/aromatic N) is 1. The van der Waals surface area contributed by atoms with E-state index >= 15 is 0 Å². The largest absolute Gasteiger partial charge is 0.444 e. The van der Waals surface area contributed by atoms with E-state index in [1.54, 1.807) is 20.8 Å². The van der Waals surface area contributed by atoms with Gasteiger partial charge in [-0.05, 0) is 20.8 Å². The van der Waals surface area contributed by atoms with Crippen molar-refractivity contribution in [3.05, 3.63) is 0 Å². The van der Waals surface area contributed by atoms with E-state index in [0.29, 0.717) is 0 Å². The number of ether oxygens (including phenoxy) is 1. The van der Waals surface area contributed by atoms with Gasteiger partial charge in [-0.25, -0.2) is 4.79 Å². The molecule has 0 saturated heterocycles. The first-order valence-corrected chi connectivity index (χ1v) is 3.58. The van der Waals surface area contributed by atoms with E-state index in [-0.39, 0.29) is 6.54 Å². The summed E-state index contributed by atoms with van der Waals surface area (Å²) >= 11 is 0. The van der Waals surface area contributed by atoms with Gasteiger partial charge in [0.25, 0.3) is 0 Å². The standard InChI is InChI=1S/C7H14N2O3/c1-7(2,3)12-6(10)8-4-5-9-11/h5,11H,4H2,1-3H3,(H,8,10)/b9-5+. The third-order valence-electron chi connectivity index (χ3n) is 0.818. The Morgan fingerprint density at radius 1 is 1.67 bits per heavy atom. The maximum atomic E-state index is 10.9. The maximum absolute atomic E-state index is 10.9. The molecule has 0 unspecified atom stereocenters. The number of oxime groups is 1. The number of carbonyl (C=O) groups is 1. The van der Waals surface area contributed by atoms with E-state index in [2.05, 4.69) is 10.5 Å². The van der Waals surface area contributed by atoms with Crippen LogP contribution in [0.3, 0.4) is 0 Å². The first-order chi connectivity index (χ1) is 5.45. The molecular formula is C7H14N2O3. The Hall–Kier alpha value is -1.26. The molecule has 0 aromatic heterocycles. The van der Waals surface area contributed by atoms with Crippen LogP contribution < -0.4 is 5.32 Å². The monoisotopic (exact) mass is 174 g/mol. The number of carbonyl (C=O) groups excluding carboxylic acids is 1. The first-order valence-electron chi connectivity index (χ1n) is 3.58. The highest BCUT2D eigenvalue weighted by atomic mass is 16.6. The third-order valence-corrected chi connectivity index (χ3v) is 0.818. The molecule has 0 saturated carbocycles. The molecule has 0 fully saturated rings. The van der Waals surface area contributed by atoms with Crippen LogP contribution in [-0.4, -0.2) is 29.7 Å². The predicted molar refractivity (Wildman–Crippen MR) is 44.5 cm³/mol. The van der Waals surface area contributed by atoms with Gasteiger partial charge in [-0.2, -0.15) is 0 Å². The summed E-state index contributed by atoms with van der Waals surface area (Å²) in [6.45, 7) is 5.47. The third kappa shape index (κ3) is 6.85. The molecule has 0 radical (unpaired) electrons. The second kappa shape index (κ2) is 4.58. The molecule has 70 valence electrons. The summed E-state index contributed by atoms with van der Waals surface area (Å²) < 4.78 is 4.89. The average Bonchev–Trinajstić information content (AvgIpc) is 1.84. The van der Waals surface area contributed by atoms with Gasteiger partial charge in [0.05, 0.1) is 12.8 Å². The van der Waals surface area contributed by atoms with Gasteiger partial charge in [0.1, 0.15) is 5.60 Å². The molecule has 0 heterocycles. The predicted octanol–water partition coefficient (Wildman–Crippen LogP) is 0.971. The van der Waals surface area contributed by atoms with E-state index in [1.807, 2.05) is 0 Å². The molecule has 0 aliphatic carbocycles. The van der Waals surface area contributed by atoms with Crippen molar-refractivity contribution in [2.24, 2.45) is 5.16 Å². The van der Waals surface area contributed by atoms with Crippen LogP contribution in [0.25, 0.3) is 0 Å². The molecule has 0 aromatic rings. The minimum atomic E-state index is -0.526. The molecule has 5 nitrogen and oxygen atoms in total. The molecule has 0 atom stereocenters. The fourth-order valence-corrected chi connectivity index (χ4v) is 0.484. The minimum absolute atomic E-state index is 0.158. The number of hydrogen-bond acceptors (Lipinski definition) is 4. The molecule has 5 heteroatoms. The van der Waals surface area contributed by atoms with Crippen LogP contribution >= 0.6 is 0 Å². The molecular weight excluding hydrogens is 160 g/mol. The highest BCUT2D eigenvalue weighted by Gasteiger charge is 2.14. The lowest BCUT2D eigenvalue weighted by Crippen LogP contribution is -2.33. The van der Waals surface area contributed by atoms with Crippen LogP contribution in [0.5, 0.6) is 0 Å². The SMILES string of the molecule is CC(C)(C)OC(=O)NC/C=N/O. The molecule has 2 N–H and O–H groups in total. The summed E-state index contributed by atoms with van der Waals surface area (Å²) in [6.07, 6.45) is 0.631. The second-order valence-electron chi connectivity index (χ2n) is 3.18. The molecule has 12 heavy (non-hydrogen) atoms. The van der Waals surface area contributed by atoms with Crippen molar-refractivity contribution in [1.82, 2.24) is 5.32 Å². The fraction of sp³-hybridized carbons (Fsp3) is 0.714. The molecule has 0 aromatic carbocycles. The highest BCUT2D eigenvalue weighted by Crippen LogP contribution is 2.05.